The number of benzene rings is 4. The van der Waals surface area contributed by atoms with E-state index in [1.807, 2.05) is 0 Å². The van der Waals surface area contributed by atoms with Gasteiger partial charge in [-0.05, 0) is 59.4 Å². The van der Waals surface area contributed by atoms with Gasteiger partial charge in [-0.2, -0.15) is 0 Å². The molecule has 3 nitrogen and oxygen atoms in total. The minimum atomic E-state index is 0.171. The van der Waals surface area contributed by atoms with E-state index in [2.05, 4.69) is 129 Å². The molecule has 1 N–H and O–H groups in total. The highest BCUT2D eigenvalue weighted by molar-refractivity contribution is 5.41. The lowest BCUT2D eigenvalue weighted by molar-refractivity contribution is 0.293. The molecule has 0 saturated heterocycles. The molecule has 0 aliphatic rings. The van der Waals surface area contributed by atoms with E-state index < -0.39 is 0 Å². The highest BCUT2D eigenvalue weighted by Gasteiger charge is 2.13. The summed E-state index contributed by atoms with van der Waals surface area (Å²) in [5, 5.41) is 3.60. The minimum Gasteiger partial charge on any atom is -0.493 e. The number of hydrogen-bond acceptors (Lipinski definition) is 3. The van der Waals surface area contributed by atoms with Crippen molar-refractivity contribution in [2.24, 2.45) is 0 Å². The number of nitrogens with one attached hydrogen (secondary N) is 1. The van der Waals surface area contributed by atoms with Gasteiger partial charge in [-0.25, -0.2) is 0 Å². The van der Waals surface area contributed by atoms with E-state index in [1.54, 1.807) is 0 Å². The molecule has 3 heteroatoms. The Balaban J connectivity index is 1.32. The van der Waals surface area contributed by atoms with E-state index >= 15 is 0 Å². The zero-order valence-electron chi connectivity index (χ0n) is 23.8. The maximum Gasteiger partial charge on any atom is 0.127 e. The molecule has 4 rings (SSSR count). The number of rotatable bonds is 14. The molecule has 0 aliphatic carbocycles. The summed E-state index contributed by atoms with van der Waals surface area (Å²) in [6, 6.07) is 36.3. The highest BCUT2D eigenvalue weighted by atomic mass is 16.5. The average molecular weight is 522 g/mol. The average Bonchev–Trinajstić information content (AvgIpc) is 2.95. The summed E-state index contributed by atoms with van der Waals surface area (Å²) in [5.41, 5.74) is 6.65. The van der Waals surface area contributed by atoms with Crippen LogP contribution < -0.4 is 14.8 Å². The smallest absolute Gasteiger partial charge is 0.127 e. The Morgan fingerprint density at radius 1 is 0.590 bits per heavy atom. The van der Waals surface area contributed by atoms with E-state index in [4.69, 9.17) is 9.47 Å². The molecule has 4 aromatic carbocycles. The van der Waals surface area contributed by atoms with Gasteiger partial charge in [0.2, 0.25) is 0 Å². The molecule has 0 radical (unpaired) electrons. The molecule has 0 saturated carbocycles. The van der Waals surface area contributed by atoms with E-state index in [0.29, 0.717) is 13.2 Å². The first kappa shape index (κ1) is 28.4. The van der Waals surface area contributed by atoms with Crippen LogP contribution in [0.4, 0.5) is 0 Å². The zero-order valence-corrected chi connectivity index (χ0v) is 23.8. The van der Waals surface area contributed by atoms with Crippen molar-refractivity contribution in [2.75, 3.05) is 13.2 Å². The van der Waals surface area contributed by atoms with Gasteiger partial charge in [0.05, 0.1) is 13.2 Å². The van der Waals surface area contributed by atoms with Crippen molar-refractivity contribution in [1.29, 1.82) is 0 Å². The topological polar surface area (TPSA) is 30.5 Å². The van der Waals surface area contributed by atoms with Gasteiger partial charge >= 0.3 is 0 Å². The van der Waals surface area contributed by atoms with Crippen LogP contribution in [0, 0.1) is 0 Å². The highest BCUT2D eigenvalue weighted by Crippen LogP contribution is 2.26. The van der Waals surface area contributed by atoms with Crippen LogP contribution in [0.1, 0.15) is 61.4 Å². The fourth-order valence-electron chi connectivity index (χ4n) is 4.58. The van der Waals surface area contributed by atoms with Crippen molar-refractivity contribution < 1.29 is 9.47 Å². The predicted octanol–water partition coefficient (Wildman–Crippen LogP) is 8.30. The molecule has 0 amide bonds. The largest absolute Gasteiger partial charge is 0.493 e. The first-order valence-electron chi connectivity index (χ1n) is 14.2. The Hall–Kier alpha value is -3.56. The van der Waals surface area contributed by atoms with Gasteiger partial charge in [0.1, 0.15) is 11.5 Å². The van der Waals surface area contributed by atoms with Crippen LogP contribution in [-0.2, 0) is 31.3 Å². The number of hydrogen-bond donors (Lipinski definition) is 1. The Labute approximate surface area is 235 Å². The van der Waals surface area contributed by atoms with Crippen LogP contribution >= 0.6 is 0 Å². The summed E-state index contributed by atoms with van der Waals surface area (Å²) in [4.78, 5) is 0. The second kappa shape index (κ2) is 14.6. The molecule has 0 fully saturated rings. The number of aryl methyl sites for hydroxylation is 2. The Bertz CT molecular complexity index is 1240. The van der Waals surface area contributed by atoms with Crippen LogP contribution in [0.2, 0.25) is 0 Å². The van der Waals surface area contributed by atoms with Gasteiger partial charge in [0.25, 0.3) is 0 Å². The van der Waals surface area contributed by atoms with Crippen LogP contribution in [0.25, 0.3) is 0 Å². The van der Waals surface area contributed by atoms with Gasteiger partial charge < -0.3 is 14.8 Å². The molecule has 0 atom stereocenters. The van der Waals surface area contributed by atoms with Crippen molar-refractivity contribution in [2.45, 2.75) is 65.0 Å². The van der Waals surface area contributed by atoms with Crippen LogP contribution in [0.3, 0.4) is 0 Å². The second-order valence-electron chi connectivity index (χ2n) is 11.2. The summed E-state index contributed by atoms with van der Waals surface area (Å²) in [5.74, 6) is 1.77. The first-order valence-corrected chi connectivity index (χ1v) is 14.2. The Morgan fingerprint density at radius 3 is 1.77 bits per heavy atom. The lowest BCUT2D eigenvalue weighted by atomic mass is 9.87. The molecule has 204 valence electrons. The number of ether oxygens (including phenoxy) is 2. The molecule has 0 bridgehead atoms. The lowest BCUT2D eigenvalue weighted by Gasteiger charge is -2.19. The quantitative estimate of drug-likeness (QED) is 0.169. The molecule has 39 heavy (non-hydrogen) atoms. The van der Waals surface area contributed by atoms with Gasteiger partial charge in [0, 0.05) is 24.7 Å². The third-order valence-corrected chi connectivity index (χ3v) is 6.93. The van der Waals surface area contributed by atoms with E-state index in [1.165, 1.54) is 22.3 Å². The molecule has 0 aromatic heterocycles. The van der Waals surface area contributed by atoms with Crippen LogP contribution in [0.15, 0.2) is 103 Å². The third-order valence-electron chi connectivity index (χ3n) is 6.93. The lowest BCUT2D eigenvalue weighted by Crippen LogP contribution is -2.15. The normalized spacial score (nSPS) is 11.4. The molecule has 0 unspecified atom stereocenters. The standard InChI is InChI=1S/C36H43NO2/c1-36(2,3)33-21-18-31(19-22-33)27-37-28-32-20-23-34(38-24-10-16-29-12-6-4-7-13-29)26-35(32)39-25-11-17-30-14-8-5-9-15-30/h4-9,12-15,18-23,26,37H,10-11,16-17,24-25,27-28H2,1-3H3. The Morgan fingerprint density at radius 2 is 1.18 bits per heavy atom. The fraction of sp³-hybridized carbons (Fsp3) is 0.333. The molecular weight excluding hydrogens is 478 g/mol. The molecule has 0 heterocycles. The van der Waals surface area contributed by atoms with Gasteiger partial charge in [-0.15, -0.1) is 0 Å². The summed E-state index contributed by atoms with van der Waals surface area (Å²) < 4.78 is 12.4. The minimum absolute atomic E-state index is 0.171. The van der Waals surface area contributed by atoms with Crippen molar-refractivity contribution in [1.82, 2.24) is 5.32 Å². The van der Waals surface area contributed by atoms with E-state index in [0.717, 1.165) is 55.8 Å². The van der Waals surface area contributed by atoms with Gasteiger partial charge in [-0.1, -0.05) is 112 Å². The maximum atomic E-state index is 6.31. The van der Waals surface area contributed by atoms with Crippen molar-refractivity contribution in [3.63, 3.8) is 0 Å². The molecule has 0 spiro atoms. The monoisotopic (exact) mass is 521 g/mol. The van der Waals surface area contributed by atoms with Crippen LogP contribution in [-0.4, -0.2) is 13.2 Å². The summed E-state index contributed by atoms with van der Waals surface area (Å²) in [6.07, 6.45) is 3.98. The first-order chi connectivity index (χ1) is 19.0. The fourth-order valence-corrected chi connectivity index (χ4v) is 4.58. The maximum absolute atomic E-state index is 6.31. The van der Waals surface area contributed by atoms with Crippen molar-refractivity contribution in [3.05, 3.63) is 131 Å². The summed E-state index contributed by atoms with van der Waals surface area (Å²) in [6.45, 7) is 9.66. The van der Waals surface area contributed by atoms with Gasteiger partial charge in [-0.3, -0.25) is 0 Å². The molecule has 0 aliphatic heterocycles. The zero-order chi connectivity index (χ0) is 27.3. The summed E-state index contributed by atoms with van der Waals surface area (Å²) in [7, 11) is 0. The predicted molar refractivity (Wildman–Crippen MR) is 163 cm³/mol. The Kier molecular flexibility index (Phi) is 10.6. The molecular formula is C36H43NO2. The van der Waals surface area contributed by atoms with Crippen molar-refractivity contribution in [3.8, 4) is 11.5 Å². The van der Waals surface area contributed by atoms with Gasteiger partial charge in [0.15, 0.2) is 0 Å². The van der Waals surface area contributed by atoms with Crippen molar-refractivity contribution >= 4 is 0 Å². The summed E-state index contributed by atoms with van der Waals surface area (Å²) >= 11 is 0. The van der Waals surface area contributed by atoms with E-state index in [-0.39, 0.29) is 5.41 Å². The second-order valence-corrected chi connectivity index (χ2v) is 11.2. The van der Waals surface area contributed by atoms with E-state index in [9.17, 15) is 0 Å². The SMILES string of the molecule is CC(C)(C)c1ccc(CNCc2ccc(OCCCc3ccccc3)cc2OCCCc2ccccc2)cc1. The molecule has 4 aromatic rings. The van der Waals surface area contributed by atoms with Crippen LogP contribution in [0.5, 0.6) is 11.5 Å². The third kappa shape index (κ3) is 9.60.